The number of nitrogens with zero attached hydrogens (tertiary/aromatic N) is 2. The Labute approximate surface area is 186 Å². The first-order chi connectivity index (χ1) is 15.0. The third-order valence-corrected chi connectivity index (χ3v) is 5.47. The molecule has 3 nitrogen and oxygen atoms in total. The standard InChI is InChI=1S/C26H22ClFN2O/c1-18(29-31-17-20-12-14-22(28)15-13-20)23-16-26(21-8-4-3-5-9-21)30(19(23)2)25-11-7-6-10-24(25)27/h3-16H,17H2,1-2H3/b29-18-. The average molecular weight is 433 g/mol. The van der Waals surface area contributed by atoms with Crippen LogP contribution in [0.3, 0.4) is 0 Å². The van der Waals surface area contributed by atoms with Crippen LogP contribution in [-0.4, -0.2) is 10.3 Å². The summed E-state index contributed by atoms with van der Waals surface area (Å²) in [6.45, 7) is 4.23. The molecule has 4 rings (SSSR count). The lowest BCUT2D eigenvalue weighted by atomic mass is 10.1. The first kappa shape index (κ1) is 20.9. The van der Waals surface area contributed by atoms with Gasteiger partial charge in [-0.3, -0.25) is 0 Å². The van der Waals surface area contributed by atoms with Crippen LogP contribution in [0.25, 0.3) is 16.9 Å². The minimum atomic E-state index is -0.270. The summed E-state index contributed by atoms with van der Waals surface area (Å²) in [5.74, 6) is -0.270. The zero-order valence-electron chi connectivity index (χ0n) is 17.3. The molecule has 0 spiro atoms. The summed E-state index contributed by atoms with van der Waals surface area (Å²) in [5.41, 5.74) is 6.60. The first-order valence-electron chi connectivity index (χ1n) is 9.98. The van der Waals surface area contributed by atoms with Gasteiger partial charge in [-0.25, -0.2) is 4.39 Å². The van der Waals surface area contributed by atoms with E-state index in [1.807, 2.05) is 56.3 Å². The molecule has 0 aliphatic carbocycles. The Balaban J connectivity index is 1.71. The van der Waals surface area contributed by atoms with Crippen LogP contribution in [0.2, 0.25) is 5.02 Å². The van der Waals surface area contributed by atoms with Gasteiger partial charge in [0.1, 0.15) is 12.4 Å². The Morgan fingerprint density at radius 3 is 2.35 bits per heavy atom. The Morgan fingerprint density at radius 1 is 0.968 bits per heavy atom. The molecule has 0 aliphatic heterocycles. The van der Waals surface area contributed by atoms with Crippen LogP contribution in [0.5, 0.6) is 0 Å². The van der Waals surface area contributed by atoms with E-state index in [4.69, 9.17) is 16.4 Å². The fourth-order valence-corrected chi connectivity index (χ4v) is 3.79. The fraction of sp³-hybridized carbons (Fsp3) is 0.115. The highest BCUT2D eigenvalue weighted by Crippen LogP contribution is 2.32. The van der Waals surface area contributed by atoms with Crippen LogP contribution in [0.1, 0.15) is 23.7 Å². The molecule has 0 N–H and O–H groups in total. The average Bonchev–Trinajstić information content (AvgIpc) is 3.13. The fourth-order valence-electron chi connectivity index (χ4n) is 3.57. The van der Waals surface area contributed by atoms with Crippen LogP contribution in [-0.2, 0) is 11.4 Å². The van der Waals surface area contributed by atoms with Gasteiger partial charge in [0.2, 0.25) is 0 Å². The minimum absolute atomic E-state index is 0.270. The van der Waals surface area contributed by atoms with Gasteiger partial charge in [-0.2, -0.15) is 0 Å². The van der Waals surface area contributed by atoms with E-state index in [0.717, 1.165) is 39.5 Å². The predicted octanol–water partition coefficient (Wildman–Crippen LogP) is 7.19. The Bertz CT molecular complexity index is 1210. The van der Waals surface area contributed by atoms with E-state index < -0.39 is 0 Å². The molecule has 0 saturated carbocycles. The van der Waals surface area contributed by atoms with Crippen LogP contribution >= 0.6 is 11.6 Å². The smallest absolute Gasteiger partial charge is 0.142 e. The molecule has 1 aromatic heterocycles. The van der Waals surface area contributed by atoms with E-state index in [9.17, 15) is 4.39 Å². The summed E-state index contributed by atoms with van der Waals surface area (Å²) < 4.78 is 15.2. The van der Waals surface area contributed by atoms with Gasteiger partial charge >= 0.3 is 0 Å². The molecule has 4 aromatic rings. The molecule has 0 amide bonds. The summed E-state index contributed by atoms with van der Waals surface area (Å²) in [7, 11) is 0. The normalized spacial score (nSPS) is 11.5. The van der Waals surface area contributed by atoms with Gasteiger partial charge in [0, 0.05) is 11.3 Å². The molecule has 156 valence electrons. The van der Waals surface area contributed by atoms with E-state index in [0.29, 0.717) is 5.02 Å². The molecular weight excluding hydrogens is 411 g/mol. The number of rotatable bonds is 6. The summed E-state index contributed by atoms with van der Waals surface area (Å²) in [4.78, 5) is 5.55. The van der Waals surface area contributed by atoms with Crippen molar-refractivity contribution in [2.75, 3.05) is 0 Å². The molecule has 0 bridgehead atoms. The zero-order chi connectivity index (χ0) is 21.8. The summed E-state index contributed by atoms with van der Waals surface area (Å²) in [5, 5.41) is 4.99. The van der Waals surface area contributed by atoms with Crippen molar-refractivity contribution in [2.24, 2.45) is 5.16 Å². The highest BCUT2D eigenvalue weighted by atomic mass is 35.5. The second-order valence-corrected chi connectivity index (χ2v) is 7.67. The van der Waals surface area contributed by atoms with Gasteiger partial charge in [0.25, 0.3) is 0 Å². The van der Waals surface area contributed by atoms with Crippen molar-refractivity contribution in [3.8, 4) is 16.9 Å². The molecule has 0 atom stereocenters. The lowest BCUT2D eigenvalue weighted by Gasteiger charge is -2.14. The molecule has 3 aromatic carbocycles. The van der Waals surface area contributed by atoms with Crippen molar-refractivity contribution in [1.29, 1.82) is 0 Å². The molecule has 31 heavy (non-hydrogen) atoms. The minimum Gasteiger partial charge on any atom is -0.391 e. The topological polar surface area (TPSA) is 26.5 Å². The Kier molecular flexibility index (Phi) is 6.19. The molecule has 0 radical (unpaired) electrons. The quantitative estimate of drug-likeness (QED) is 0.234. The monoisotopic (exact) mass is 432 g/mol. The van der Waals surface area contributed by atoms with E-state index in [1.54, 1.807) is 12.1 Å². The molecule has 0 fully saturated rings. The van der Waals surface area contributed by atoms with Gasteiger partial charge in [-0.1, -0.05) is 71.4 Å². The van der Waals surface area contributed by atoms with E-state index in [2.05, 4.69) is 27.9 Å². The number of benzene rings is 3. The van der Waals surface area contributed by atoms with Crippen LogP contribution in [0, 0.1) is 12.7 Å². The second kappa shape index (κ2) is 9.19. The third kappa shape index (κ3) is 4.54. The van der Waals surface area contributed by atoms with E-state index in [-0.39, 0.29) is 12.4 Å². The van der Waals surface area contributed by atoms with Crippen molar-refractivity contribution in [1.82, 2.24) is 4.57 Å². The predicted molar refractivity (Wildman–Crippen MR) is 124 cm³/mol. The van der Waals surface area contributed by atoms with E-state index >= 15 is 0 Å². The number of aromatic nitrogens is 1. The maximum absolute atomic E-state index is 13.1. The Morgan fingerprint density at radius 2 is 1.65 bits per heavy atom. The van der Waals surface area contributed by atoms with Gasteiger partial charge in [0.15, 0.2) is 0 Å². The lowest BCUT2D eigenvalue weighted by Crippen LogP contribution is -2.03. The molecular formula is C26H22ClFN2O. The second-order valence-electron chi connectivity index (χ2n) is 7.26. The van der Waals surface area contributed by atoms with Crippen molar-refractivity contribution in [3.63, 3.8) is 0 Å². The van der Waals surface area contributed by atoms with Crippen molar-refractivity contribution >= 4 is 17.3 Å². The maximum atomic E-state index is 13.1. The summed E-state index contributed by atoms with van der Waals surface area (Å²) >= 11 is 6.54. The first-order valence-corrected chi connectivity index (χ1v) is 10.4. The summed E-state index contributed by atoms with van der Waals surface area (Å²) in [6.07, 6.45) is 0. The van der Waals surface area contributed by atoms with Crippen molar-refractivity contribution in [2.45, 2.75) is 20.5 Å². The van der Waals surface area contributed by atoms with Crippen LogP contribution in [0.15, 0.2) is 90.1 Å². The maximum Gasteiger partial charge on any atom is 0.142 e. The number of hydrogen-bond acceptors (Lipinski definition) is 2. The molecule has 0 unspecified atom stereocenters. The van der Waals surface area contributed by atoms with Gasteiger partial charge in [0.05, 0.1) is 22.1 Å². The highest BCUT2D eigenvalue weighted by molar-refractivity contribution is 6.32. The van der Waals surface area contributed by atoms with Crippen molar-refractivity contribution < 1.29 is 9.23 Å². The number of hydrogen-bond donors (Lipinski definition) is 0. The number of para-hydroxylation sites is 1. The number of halogens is 2. The highest BCUT2D eigenvalue weighted by Gasteiger charge is 2.18. The van der Waals surface area contributed by atoms with Gasteiger partial charge in [-0.15, -0.1) is 0 Å². The molecule has 5 heteroatoms. The molecule has 1 heterocycles. The van der Waals surface area contributed by atoms with E-state index in [1.165, 1.54) is 12.1 Å². The largest absolute Gasteiger partial charge is 0.391 e. The van der Waals surface area contributed by atoms with Crippen LogP contribution in [0.4, 0.5) is 4.39 Å². The van der Waals surface area contributed by atoms with Gasteiger partial charge in [-0.05, 0) is 55.3 Å². The van der Waals surface area contributed by atoms with Crippen LogP contribution < -0.4 is 0 Å². The summed E-state index contributed by atoms with van der Waals surface area (Å²) in [6, 6.07) is 26.3. The zero-order valence-corrected chi connectivity index (χ0v) is 18.1. The number of oxime groups is 1. The third-order valence-electron chi connectivity index (χ3n) is 5.15. The van der Waals surface area contributed by atoms with Crippen molar-refractivity contribution in [3.05, 3.63) is 113 Å². The van der Waals surface area contributed by atoms with Gasteiger partial charge < -0.3 is 9.40 Å². The lowest BCUT2D eigenvalue weighted by molar-refractivity contribution is 0.130. The SMILES string of the molecule is C/C(=N/OCc1ccc(F)cc1)c1cc(-c2ccccc2)n(-c2ccccc2Cl)c1C. The molecule has 0 saturated heterocycles. The molecule has 0 aliphatic rings. The Hall–Kier alpha value is -3.37.